The molecule has 7 heteroatoms. The van der Waals surface area contributed by atoms with E-state index in [1.165, 1.54) is 18.5 Å². The standard InChI is InChI=1S/C14H10Cl2N2O3/c15-10-3-4-12(11(16)6-10)18-13(19)8-21-14(20)9-2-1-5-17-7-9/h1-7H,8H2,(H,18,19). The topological polar surface area (TPSA) is 68.3 Å². The lowest BCUT2D eigenvalue weighted by Crippen LogP contribution is -2.21. The molecule has 0 spiro atoms. The first-order chi connectivity index (χ1) is 10.1. The molecule has 0 aliphatic rings. The summed E-state index contributed by atoms with van der Waals surface area (Å²) in [7, 11) is 0. The highest BCUT2D eigenvalue weighted by Crippen LogP contribution is 2.25. The van der Waals surface area contributed by atoms with Gasteiger partial charge in [0.15, 0.2) is 6.61 Å². The van der Waals surface area contributed by atoms with Gasteiger partial charge < -0.3 is 10.1 Å². The van der Waals surface area contributed by atoms with E-state index in [2.05, 4.69) is 10.3 Å². The van der Waals surface area contributed by atoms with Gasteiger partial charge in [-0.1, -0.05) is 23.2 Å². The summed E-state index contributed by atoms with van der Waals surface area (Å²) < 4.78 is 4.87. The number of hydrogen-bond donors (Lipinski definition) is 1. The van der Waals surface area contributed by atoms with E-state index in [0.29, 0.717) is 15.7 Å². The lowest BCUT2D eigenvalue weighted by atomic mass is 10.3. The number of aromatic nitrogens is 1. The number of anilines is 1. The molecule has 0 aliphatic heterocycles. The first kappa shape index (κ1) is 15.3. The molecule has 5 nitrogen and oxygen atoms in total. The molecule has 0 aliphatic carbocycles. The molecule has 1 heterocycles. The van der Waals surface area contributed by atoms with E-state index < -0.39 is 18.5 Å². The van der Waals surface area contributed by atoms with E-state index in [4.69, 9.17) is 27.9 Å². The fraction of sp³-hybridized carbons (Fsp3) is 0.0714. The molecule has 1 aromatic carbocycles. The number of nitrogens with zero attached hydrogens (tertiary/aromatic N) is 1. The quantitative estimate of drug-likeness (QED) is 0.877. The van der Waals surface area contributed by atoms with Crippen LogP contribution in [0, 0.1) is 0 Å². The maximum atomic E-state index is 11.7. The van der Waals surface area contributed by atoms with Gasteiger partial charge in [-0.05, 0) is 30.3 Å². The molecule has 0 saturated heterocycles. The zero-order chi connectivity index (χ0) is 15.2. The molecule has 0 unspecified atom stereocenters. The van der Waals surface area contributed by atoms with Crippen LogP contribution >= 0.6 is 23.2 Å². The zero-order valence-electron chi connectivity index (χ0n) is 10.7. The highest BCUT2D eigenvalue weighted by molar-refractivity contribution is 6.36. The number of esters is 1. The number of benzene rings is 1. The van der Waals surface area contributed by atoms with Gasteiger partial charge in [-0.15, -0.1) is 0 Å². The Morgan fingerprint density at radius 1 is 1.24 bits per heavy atom. The molecule has 0 atom stereocenters. The predicted octanol–water partition coefficient (Wildman–Crippen LogP) is 3.18. The maximum Gasteiger partial charge on any atom is 0.340 e. The van der Waals surface area contributed by atoms with Crippen LogP contribution in [-0.4, -0.2) is 23.5 Å². The van der Waals surface area contributed by atoms with Crippen molar-refractivity contribution in [2.75, 3.05) is 11.9 Å². The van der Waals surface area contributed by atoms with Crippen molar-refractivity contribution < 1.29 is 14.3 Å². The van der Waals surface area contributed by atoms with Gasteiger partial charge in [0.05, 0.1) is 16.3 Å². The molecule has 108 valence electrons. The fourth-order valence-corrected chi connectivity index (χ4v) is 1.93. The summed E-state index contributed by atoms with van der Waals surface area (Å²) in [5.74, 6) is -1.13. The Bertz CT molecular complexity index is 663. The third kappa shape index (κ3) is 4.44. The van der Waals surface area contributed by atoms with Gasteiger partial charge in [0.2, 0.25) is 0 Å². The molecule has 21 heavy (non-hydrogen) atoms. The number of hydrogen-bond acceptors (Lipinski definition) is 4. The number of ether oxygens (including phenoxy) is 1. The Morgan fingerprint density at radius 3 is 2.71 bits per heavy atom. The van der Waals surface area contributed by atoms with Crippen LogP contribution in [0.2, 0.25) is 10.0 Å². The molecular formula is C14H10Cl2N2O3. The molecule has 2 aromatic rings. The van der Waals surface area contributed by atoms with E-state index in [1.807, 2.05) is 0 Å². The second-order valence-corrected chi connectivity index (χ2v) is 4.83. The lowest BCUT2D eigenvalue weighted by Gasteiger charge is -2.08. The largest absolute Gasteiger partial charge is 0.452 e. The van der Waals surface area contributed by atoms with Gasteiger partial charge in [0.1, 0.15) is 0 Å². The van der Waals surface area contributed by atoms with Crippen LogP contribution in [0.1, 0.15) is 10.4 Å². The van der Waals surface area contributed by atoms with Crippen LogP contribution in [0.15, 0.2) is 42.7 Å². The van der Waals surface area contributed by atoms with Crippen molar-refractivity contribution in [3.8, 4) is 0 Å². The number of amides is 1. The number of carbonyl (C=O) groups excluding carboxylic acids is 2. The third-order valence-electron chi connectivity index (χ3n) is 2.44. The van der Waals surface area contributed by atoms with Gasteiger partial charge in [0, 0.05) is 17.4 Å². The monoisotopic (exact) mass is 324 g/mol. The first-order valence-corrected chi connectivity index (χ1v) is 6.64. The van der Waals surface area contributed by atoms with E-state index >= 15 is 0 Å². The number of rotatable bonds is 4. The third-order valence-corrected chi connectivity index (χ3v) is 2.98. The van der Waals surface area contributed by atoms with Crippen molar-refractivity contribution in [2.24, 2.45) is 0 Å². The van der Waals surface area contributed by atoms with Gasteiger partial charge in [0.25, 0.3) is 5.91 Å². The van der Waals surface area contributed by atoms with Crippen LogP contribution in [0.3, 0.4) is 0 Å². The Morgan fingerprint density at radius 2 is 2.05 bits per heavy atom. The van der Waals surface area contributed by atoms with Gasteiger partial charge in [-0.2, -0.15) is 0 Å². The van der Waals surface area contributed by atoms with E-state index in [9.17, 15) is 9.59 Å². The molecule has 1 N–H and O–H groups in total. The van der Waals surface area contributed by atoms with E-state index in [0.717, 1.165) is 0 Å². The lowest BCUT2D eigenvalue weighted by molar-refractivity contribution is -0.119. The van der Waals surface area contributed by atoms with Crippen molar-refractivity contribution in [1.29, 1.82) is 0 Å². The van der Waals surface area contributed by atoms with E-state index in [1.54, 1.807) is 24.3 Å². The Hall–Kier alpha value is -2.11. The van der Waals surface area contributed by atoms with Crippen LogP contribution in [0.25, 0.3) is 0 Å². The van der Waals surface area contributed by atoms with Crippen molar-refractivity contribution in [2.45, 2.75) is 0 Å². The highest BCUT2D eigenvalue weighted by Gasteiger charge is 2.11. The Kier molecular flexibility index (Phi) is 5.14. The smallest absolute Gasteiger partial charge is 0.340 e. The van der Waals surface area contributed by atoms with Crippen LogP contribution in [-0.2, 0) is 9.53 Å². The summed E-state index contributed by atoms with van der Waals surface area (Å²) in [6.07, 6.45) is 2.89. The summed E-state index contributed by atoms with van der Waals surface area (Å²) in [6.45, 7) is -0.424. The fourth-order valence-electron chi connectivity index (χ4n) is 1.48. The van der Waals surface area contributed by atoms with Crippen molar-refractivity contribution in [1.82, 2.24) is 4.98 Å². The van der Waals surface area contributed by atoms with E-state index in [-0.39, 0.29) is 5.56 Å². The molecule has 0 fully saturated rings. The van der Waals surface area contributed by atoms with Crippen molar-refractivity contribution in [3.63, 3.8) is 0 Å². The summed E-state index contributed by atoms with van der Waals surface area (Å²) in [4.78, 5) is 27.1. The average Bonchev–Trinajstić information content (AvgIpc) is 2.48. The molecule has 0 saturated carbocycles. The molecule has 0 bridgehead atoms. The summed E-state index contributed by atoms with van der Waals surface area (Å²) >= 11 is 11.7. The Balaban J connectivity index is 1.89. The second-order valence-electron chi connectivity index (χ2n) is 3.99. The SMILES string of the molecule is O=C(COC(=O)c1cccnc1)Nc1ccc(Cl)cc1Cl. The van der Waals surface area contributed by atoms with Gasteiger partial charge >= 0.3 is 5.97 Å². The number of nitrogens with one attached hydrogen (secondary N) is 1. The summed E-state index contributed by atoms with van der Waals surface area (Å²) in [6, 6.07) is 7.80. The maximum absolute atomic E-state index is 11.7. The van der Waals surface area contributed by atoms with Gasteiger partial charge in [-0.25, -0.2) is 4.79 Å². The zero-order valence-corrected chi connectivity index (χ0v) is 12.2. The minimum absolute atomic E-state index is 0.273. The summed E-state index contributed by atoms with van der Waals surface area (Å²) in [5, 5.41) is 3.28. The Labute approximate surface area is 130 Å². The molecule has 1 amide bonds. The molecule has 0 radical (unpaired) electrons. The minimum atomic E-state index is -0.625. The van der Waals surface area contributed by atoms with Crippen molar-refractivity contribution in [3.05, 3.63) is 58.3 Å². The van der Waals surface area contributed by atoms with Gasteiger partial charge in [-0.3, -0.25) is 9.78 Å². The number of halogens is 2. The molecule has 1 aromatic heterocycles. The number of pyridine rings is 1. The number of carbonyl (C=O) groups is 2. The predicted molar refractivity (Wildman–Crippen MR) is 79.6 cm³/mol. The van der Waals surface area contributed by atoms with Crippen LogP contribution in [0.4, 0.5) is 5.69 Å². The second kappa shape index (κ2) is 7.06. The normalized spacial score (nSPS) is 10.0. The van der Waals surface area contributed by atoms with Crippen molar-refractivity contribution >= 4 is 40.8 Å². The molecular weight excluding hydrogens is 315 g/mol. The first-order valence-electron chi connectivity index (χ1n) is 5.88. The van der Waals surface area contributed by atoms with Crippen LogP contribution in [0.5, 0.6) is 0 Å². The highest BCUT2D eigenvalue weighted by atomic mass is 35.5. The summed E-state index contributed by atoms with van der Waals surface area (Å²) in [5.41, 5.74) is 0.665. The van der Waals surface area contributed by atoms with Crippen LogP contribution < -0.4 is 5.32 Å². The minimum Gasteiger partial charge on any atom is -0.452 e. The molecule has 2 rings (SSSR count). The average molecular weight is 325 g/mol.